The molecular formula is C17H21F2N3O. The molecule has 124 valence electrons. The van der Waals surface area contributed by atoms with Crippen LogP contribution in [0, 0.1) is 18.6 Å². The summed E-state index contributed by atoms with van der Waals surface area (Å²) >= 11 is 0. The molecule has 0 bridgehead atoms. The monoisotopic (exact) mass is 321 g/mol. The van der Waals surface area contributed by atoms with Crippen LogP contribution >= 0.6 is 0 Å². The summed E-state index contributed by atoms with van der Waals surface area (Å²) in [7, 11) is 0. The van der Waals surface area contributed by atoms with Gasteiger partial charge in [-0.25, -0.2) is 13.8 Å². The number of benzene rings is 1. The number of imidazole rings is 1. The van der Waals surface area contributed by atoms with Crippen LogP contribution in [0.1, 0.15) is 24.2 Å². The number of aromatic nitrogens is 2. The van der Waals surface area contributed by atoms with Gasteiger partial charge in [-0.2, -0.15) is 0 Å². The molecule has 23 heavy (non-hydrogen) atoms. The van der Waals surface area contributed by atoms with E-state index in [0.29, 0.717) is 25.9 Å². The molecule has 0 unspecified atom stereocenters. The minimum Gasteiger partial charge on any atom is -0.388 e. The van der Waals surface area contributed by atoms with E-state index in [4.69, 9.17) is 0 Å². The first-order chi connectivity index (χ1) is 11.0. The van der Waals surface area contributed by atoms with Gasteiger partial charge in [0.05, 0.1) is 12.1 Å². The molecule has 0 atom stereocenters. The highest BCUT2D eigenvalue weighted by Crippen LogP contribution is 2.25. The first-order valence-electron chi connectivity index (χ1n) is 7.82. The average Bonchev–Trinajstić information content (AvgIpc) is 2.90. The van der Waals surface area contributed by atoms with Gasteiger partial charge in [-0.3, -0.25) is 4.90 Å². The van der Waals surface area contributed by atoms with Gasteiger partial charge in [0.25, 0.3) is 0 Å². The molecule has 0 saturated carbocycles. The molecule has 3 rings (SSSR count). The fourth-order valence-corrected chi connectivity index (χ4v) is 3.07. The maximum Gasteiger partial charge on any atom is 0.159 e. The summed E-state index contributed by atoms with van der Waals surface area (Å²) in [4.78, 5) is 6.33. The molecule has 1 aliphatic heterocycles. The van der Waals surface area contributed by atoms with Gasteiger partial charge in [-0.15, -0.1) is 0 Å². The largest absolute Gasteiger partial charge is 0.388 e. The minimum atomic E-state index is -0.822. The maximum absolute atomic E-state index is 13.3. The van der Waals surface area contributed by atoms with Crippen molar-refractivity contribution < 1.29 is 13.9 Å². The number of nitrogens with zero attached hydrogens (tertiary/aromatic N) is 3. The average molecular weight is 321 g/mol. The van der Waals surface area contributed by atoms with Gasteiger partial charge < -0.3 is 9.67 Å². The van der Waals surface area contributed by atoms with Crippen molar-refractivity contribution in [2.24, 2.45) is 0 Å². The van der Waals surface area contributed by atoms with Crippen LogP contribution in [-0.2, 0) is 13.1 Å². The summed E-state index contributed by atoms with van der Waals surface area (Å²) in [5.74, 6) is -0.744. The van der Waals surface area contributed by atoms with E-state index in [2.05, 4.69) is 9.88 Å². The number of hydrogen-bond donors (Lipinski definition) is 1. The lowest BCUT2D eigenvalue weighted by molar-refractivity contribution is -0.0361. The van der Waals surface area contributed by atoms with Crippen molar-refractivity contribution in [3.63, 3.8) is 0 Å². The number of rotatable bonds is 4. The summed E-state index contributed by atoms with van der Waals surface area (Å²) in [6.45, 7) is 4.48. The van der Waals surface area contributed by atoms with Crippen molar-refractivity contribution in [1.82, 2.24) is 14.5 Å². The molecule has 1 aliphatic rings. The third-order valence-corrected chi connectivity index (χ3v) is 4.57. The Balaban J connectivity index is 1.57. The van der Waals surface area contributed by atoms with E-state index in [1.807, 2.05) is 17.7 Å². The van der Waals surface area contributed by atoms with Crippen LogP contribution in [-0.4, -0.2) is 38.2 Å². The third kappa shape index (κ3) is 3.76. The van der Waals surface area contributed by atoms with Gasteiger partial charge in [0.1, 0.15) is 5.82 Å². The molecule has 4 nitrogen and oxygen atoms in total. The van der Waals surface area contributed by atoms with Crippen LogP contribution in [0.15, 0.2) is 30.6 Å². The first kappa shape index (κ1) is 16.1. The van der Waals surface area contributed by atoms with E-state index in [0.717, 1.165) is 30.5 Å². The Bertz CT molecular complexity index is 678. The quantitative estimate of drug-likeness (QED) is 0.941. The van der Waals surface area contributed by atoms with Crippen molar-refractivity contribution in [3.8, 4) is 0 Å². The Morgan fingerprint density at radius 2 is 1.96 bits per heavy atom. The standard InChI is InChI=1S/C17H21F2N3O/c1-13-20-6-9-22(13)12-17(23)4-7-21(8-5-17)11-14-2-3-15(18)16(19)10-14/h2-3,6,9-10,23H,4-5,7-8,11-12H2,1H3. The normalized spacial score (nSPS) is 18.3. The van der Waals surface area contributed by atoms with Crippen LogP contribution in [0.3, 0.4) is 0 Å². The van der Waals surface area contributed by atoms with E-state index in [-0.39, 0.29) is 0 Å². The fraction of sp³-hybridized carbons (Fsp3) is 0.471. The summed E-state index contributed by atoms with van der Waals surface area (Å²) in [5.41, 5.74) is 0.00974. The molecule has 0 radical (unpaired) electrons. The van der Waals surface area contributed by atoms with Crippen LogP contribution in [0.5, 0.6) is 0 Å². The summed E-state index contributed by atoms with van der Waals surface area (Å²) in [6, 6.07) is 4.01. The smallest absolute Gasteiger partial charge is 0.159 e. The molecule has 0 amide bonds. The molecule has 6 heteroatoms. The van der Waals surface area contributed by atoms with E-state index in [1.165, 1.54) is 6.07 Å². The fourth-order valence-electron chi connectivity index (χ4n) is 3.07. The van der Waals surface area contributed by atoms with Gasteiger partial charge >= 0.3 is 0 Å². The van der Waals surface area contributed by atoms with Crippen molar-refractivity contribution >= 4 is 0 Å². The van der Waals surface area contributed by atoms with Crippen LogP contribution in [0.2, 0.25) is 0 Å². The van der Waals surface area contributed by atoms with Crippen molar-refractivity contribution in [2.75, 3.05) is 13.1 Å². The second kappa shape index (κ2) is 6.37. The molecule has 0 aliphatic carbocycles. The first-order valence-corrected chi connectivity index (χ1v) is 7.82. The zero-order chi connectivity index (χ0) is 16.4. The Morgan fingerprint density at radius 1 is 1.22 bits per heavy atom. The molecule has 1 fully saturated rings. The lowest BCUT2D eigenvalue weighted by Crippen LogP contribution is -2.46. The lowest BCUT2D eigenvalue weighted by atomic mass is 9.91. The van der Waals surface area contributed by atoms with E-state index in [9.17, 15) is 13.9 Å². The maximum atomic E-state index is 13.3. The minimum absolute atomic E-state index is 0.540. The predicted octanol–water partition coefficient (Wildman–Crippen LogP) is 2.50. The summed E-state index contributed by atoms with van der Waals surface area (Å²) in [6.07, 6.45) is 4.90. The molecule has 1 aromatic carbocycles. The Labute approximate surface area is 134 Å². The second-order valence-corrected chi connectivity index (χ2v) is 6.35. The van der Waals surface area contributed by atoms with Gasteiger partial charge in [-0.1, -0.05) is 6.07 Å². The number of hydrogen-bond acceptors (Lipinski definition) is 3. The van der Waals surface area contributed by atoms with Gasteiger partial charge in [0, 0.05) is 32.0 Å². The molecular weight excluding hydrogens is 300 g/mol. The molecule has 1 aromatic heterocycles. The van der Waals surface area contributed by atoms with E-state index < -0.39 is 17.2 Å². The van der Waals surface area contributed by atoms with Crippen molar-refractivity contribution in [3.05, 3.63) is 53.6 Å². The summed E-state index contributed by atoms with van der Waals surface area (Å²) in [5, 5.41) is 10.7. The lowest BCUT2D eigenvalue weighted by Gasteiger charge is -2.38. The highest BCUT2D eigenvalue weighted by atomic mass is 19.2. The van der Waals surface area contributed by atoms with E-state index in [1.54, 1.807) is 12.3 Å². The molecule has 2 heterocycles. The summed E-state index contributed by atoms with van der Waals surface area (Å²) < 4.78 is 28.2. The highest BCUT2D eigenvalue weighted by Gasteiger charge is 2.32. The Kier molecular flexibility index (Phi) is 4.46. The SMILES string of the molecule is Cc1nccn1CC1(O)CCN(Cc2ccc(F)c(F)c2)CC1. The Morgan fingerprint density at radius 3 is 2.57 bits per heavy atom. The van der Waals surface area contributed by atoms with Crippen molar-refractivity contribution in [1.29, 1.82) is 0 Å². The van der Waals surface area contributed by atoms with Gasteiger partial charge in [0.2, 0.25) is 0 Å². The molecule has 2 aromatic rings. The Hall–Kier alpha value is -1.79. The predicted molar refractivity (Wildman–Crippen MR) is 82.8 cm³/mol. The zero-order valence-corrected chi connectivity index (χ0v) is 13.2. The van der Waals surface area contributed by atoms with Crippen LogP contribution in [0.4, 0.5) is 8.78 Å². The number of likely N-dealkylation sites (tertiary alicyclic amines) is 1. The van der Waals surface area contributed by atoms with Crippen LogP contribution in [0.25, 0.3) is 0 Å². The van der Waals surface area contributed by atoms with E-state index >= 15 is 0 Å². The zero-order valence-electron chi connectivity index (χ0n) is 13.2. The number of aliphatic hydroxyl groups is 1. The molecule has 0 spiro atoms. The molecule has 1 N–H and O–H groups in total. The number of piperidine rings is 1. The molecule has 1 saturated heterocycles. The van der Waals surface area contributed by atoms with Gasteiger partial charge in [-0.05, 0) is 37.5 Å². The van der Waals surface area contributed by atoms with Crippen LogP contribution < -0.4 is 0 Å². The third-order valence-electron chi connectivity index (χ3n) is 4.57. The van der Waals surface area contributed by atoms with Crippen molar-refractivity contribution in [2.45, 2.75) is 38.5 Å². The topological polar surface area (TPSA) is 41.3 Å². The number of aryl methyl sites for hydroxylation is 1. The highest BCUT2D eigenvalue weighted by molar-refractivity contribution is 5.17. The number of halogens is 2. The second-order valence-electron chi connectivity index (χ2n) is 6.35. The van der Waals surface area contributed by atoms with Gasteiger partial charge in [0.15, 0.2) is 11.6 Å².